The van der Waals surface area contributed by atoms with E-state index < -0.39 is 0 Å². The quantitative estimate of drug-likeness (QED) is 0.672. The lowest BCUT2D eigenvalue weighted by atomic mass is 10.2. The van der Waals surface area contributed by atoms with E-state index in [1.54, 1.807) is 17.7 Å². The van der Waals surface area contributed by atoms with Gasteiger partial charge in [-0.05, 0) is 43.0 Å². The summed E-state index contributed by atoms with van der Waals surface area (Å²) < 4.78 is 6.98. The minimum Gasteiger partial charge on any atom is -0.438 e. The van der Waals surface area contributed by atoms with Gasteiger partial charge in [-0.2, -0.15) is 0 Å². The Bertz CT molecular complexity index is 800. The molecule has 1 aliphatic rings. The second-order valence-corrected chi connectivity index (χ2v) is 6.78. The highest BCUT2D eigenvalue weighted by Crippen LogP contribution is 2.41. The number of hydrogen-bond acceptors (Lipinski definition) is 4. The molecule has 0 saturated heterocycles. The van der Waals surface area contributed by atoms with Crippen LogP contribution in [0, 0.1) is 0 Å². The number of halogens is 1. The molecule has 4 rings (SSSR count). The van der Waals surface area contributed by atoms with Crippen LogP contribution in [-0.4, -0.2) is 9.97 Å². The van der Waals surface area contributed by atoms with Crippen LogP contribution in [0.25, 0.3) is 10.2 Å². The van der Waals surface area contributed by atoms with E-state index >= 15 is 0 Å². The molecule has 0 bridgehead atoms. The Kier molecular flexibility index (Phi) is 2.97. The highest BCUT2D eigenvalue weighted by Gasteiger charge is 2.22. The zero-order valence-electron chi connectivity index (χ0n) is 10.6. The van der Waals surface area contributed by atoms with Crippen LogP contribution in [0.3, 0.4) is 0 Å². The first-order valence-corrected chi connectivity index (χ1v) is 8.11. The molecule has 5 heteroatoms. The predicted octanol–water partition coefficient (Wildman–Crippen LogP) is 4.73. The van der Waals surface area contributed by atoms with Gasteiger partial charge in [0.1, 0.15) is 16.9 Å². The molecule has 0 atom stereocenters. The molecule has 0 unspecified atom stereocenters. The number of ether oxygens (including phenoxy) is 1. The molecule has 2 aromatic heterocycles. The van der Waals surface area contributed by atoms with Crippen LogP contribution < -0.4 is 4.74 Å². The molecule has 0 spiro atoms. The highest BCUT2D eigenvalue weighted by atomic mass is 79.9. The summed E-state index contributed by atoms with van der Waals surface area (Å²) in [6, 6.07) is 7.81. The van der Waals surface area contributed by atoms with Crippen molar-refractivity contribution in [2.75, 3.05) is 0 Å². The Morgan fingerprint density at radius 3 is 3.05 bits per heavy atom. The Hall–Kier alpha value is -1.46. The topological polar surface area (TPSA) is 35.0 Å². The first-order valence-electron chi connectivity index (χ1n) is 6.50. The molecule has 0 fully saturated rings. The van der Waals surface area contributed by atoms with Gasteiger partial charge in [-0.3, -0.25) is 0 Å². The molecular formula is C15H11BrN2OS. The standard InChI is InChI=1S/C15H11BrN2OS/c16-9-3-1-4-10(7-9)19-14-13-11-5-2-6-12(11)20-15(13)18-8-17-14/h1,3-4,7-8H,2,5-6H2. The van der Waals surface area contributed by atoms with Crippen molar-refractivity contribution in [3.63, 3.8) is 0 Å². The summed E-state index contributed by atoms with van der Waals surface area (Å²) in [5.74, 6) is 1.46. The Morgan fingerprint density at radius 1 is 1.20 bits per heavy atom. The van der Waals surface area contributed by atoms with Crippen molar-refractivity contribution in [3.05, 3.63) is 45.5 Å². The number of rotatable bonds is 2. The third kappa shape index (κ3) is 2.01. The van der Waals surface area contributed by atoms with Crippen molar-refractivity contribution < 1.29 is 4.74 Å². The zero-order chi connectivity index (χ0) is 13.5. The van der Waals surface area contributed by atoms with Gasteiger partial charge in [-0.15, -0.1) is 11.3 Å². The average molecular weight is 347 g/mol. The highest BCUT2D eigenvalue weighted by molar-refractivity contribution is 9.10. The fraction of sp³-hybridized carbons (Fsp3) is 0.200. The van der Waals surface area contributed by atoms with Crippen LogP contribution in [0.5, 0.6) is 11.6 Å². The van der Waals surface area contributed by atoms with Crippen molar-refractivity contribution in [2.45, 2.75) is 19.3 Å². The number of nitrogens with zero attached hydrogens (tertiary/aromatic N) is 2. The molecule has 0 saturated carbocycles. The van der Waals surface area contributed by atoms with E-state index in [0.717, 1.165) is 33.3 Å². The fourth-order valence-corrected chi connectivity index (χ4v) is 4.22. The third-order valence-electron chi connectivity index (χ3n) is 3.48. The van der Waals surface area contributed by atoms with Gasteiger partial charge in [-0.1, -0.05) is 22.0 Å². The molecule has 3 aromatic rings. The molecule has 2 heterocycles. The lowest BCUT2D eigenvalue weighted by Crippen LogP contribution is -1.91. The summed E-state index contributed by atoms with van der Waals surface area (Å²) in [6.45, 7) is 0. The van der Waals surface area contributed by atoms with Crippen LogP contribution in [0.15, 0.2) is 35.1 Å². The van der Waals surface area contributed by atoms with Gasteiger partial charge in [-0.25, -0.2) is 9.97 Å². The fourth-order valence-electron chi connectivity index (χ4n) is 2.62. The van der Waals surface area contributed by atoms with Gasteiger partial charge >= 0.3 is 0 Å². The summed E-state index contributed by atoms with van der Waals surface area (Å²) in [5, 5.41) is 1.10. The third-order valence-corrected chi connectivity index (χ3v) is 5.17. The molecule has 1 aromatic carbocycles. The number of aromatic nitrogens is 2. The van der Waals surface area contributed by atoms with Crippen molar-refractivity contribution in [1.29, 1.82) is 0 Å². The number of aryl methyl sites for hydroxylation is 2. The van der Waals surface area contributed by atoms with Crippen molar-refractivity contribution in [2.24, 2.45) is 0 Å². The molecule has 0 amide bonds. The lowest BCUT2D eigenvalue weighted by Gasteiger charge is -2.06. The monoisotopic (exact) mass is 346 g/mol. The Labute approximate surface area is 128 Å². The van der Waals surface area contributed by atoms with Crippen LogP contribution in [0.4, 0.5) is 0 Å². The van der Waals surface area contributed by atoms with Crippen LogP contribution in [0.2, 0.25) is 0 Å². The molecule has 100 valence electrons. The van der Waals surface area contributed by atoms with Crippen LogP contribution in [-0.2, 0) is 12.8 Å². The van der Waals surface area contributed by atoms with Gasteiger partial charge in [0.15, 0.2) is 0 Å². The van der Waals surface area contributed by atoms with Gasteiger partial charge in [0, 0.05) is 9.35 Å². The number of fused-ring (bicyclic) bond motifs is 3. The van der Waals surface area contributed by atoms with E-state index in [2.05, 4.69) is 25.9 Å². The van der Waals surface area contributed by atoms with Crippen molar-refractivity contribution in [3.8, 4) is 11.6 Å². The normalized spacial score (nSPS) is 13.7. The molecule has 0 N–H and O–H groups in total. The van der Waals surface area contributed by atoms with E-state index in [0.29, 0.717) is 5.88 Å². The maximum absolute atomic E-state index is 5.98. The largest absolute Gasteiger partial charge is 0.438 e. The van der Waals surface area contributed by atoms with Crippen LogP contribution >= 0.6 is 27.3 Å². The SMILES string of the molecule is Brc1cccc(Oc2ncnc3sc4c(c23)CCC4)c1. The van der Waals surface area contributed by atoms with Gasteiger partial charge in [0.05, 0.1) is 5.39 Å². The second kappa shape index (κ2) is 4.82. The van der Waals surface area contributed by atoms with Crippen LogP contribution in [0.1, 0.15) is 16.9 Å². The molecule has 1 aliphatic carbocycles. The van der Waals surface area contributed by atoms with Gasteiger partial charge in [0.25, 0.3) is 0 Å². The van der Waals surface area contributed by atoms with E-state index in [1.165, 1.54) is 16.9 Å². The van der Waals surface area contributed by atoms with Gasteiger partial charge in [0.2, 0.25) is 5.88 Å². The zero-order valence-corrected chi connectivity index (χ0v) is 13.0. The summed E-state index contributed by atoms with van der Waals surface area (Å²) >= 11 is 5.23. The summed E-state index contributed by atoms with van der Waals surface area (Å²) in [4.78, 5) is 11.2. The smallest absolute Gasteiger partial charge is 0.231 e. The van der Waals surface area contributed by atoms with E-state index in [-0.39, 0.29) is 0 Å². The number of thiophene rings is 1. The molecule has 20 heavy (non-hydrogen) atoms. The van der Waals surface area contributed by atoms with E-state index in [1.807, 2.05) is 24.3 Å². The van der Waals surface area contributed by atoms with Crippen molar-refractivity contribution in [1.82, 2.24) is 9.97 Å². The lowest BCUT2D eigenvalue weighted by molar-refractivity contribution is 0.467. The second-order valence-electron chi connectivity index (χ2n) is 4.78. The summed E-state index contributed by atoms with van der Waals surface area (Å²) in [6.07, 6.45) is 5.08. The minimum absolute atomic E-state index is 0.674. The van der Waals surface area contributed by atoms with Gasteiger partial charge < -0.3 is 4.74 Å². The summed E-state index contributed by atoms with van der Waals surface area (Å²) in [7, 11) is 0. The molecule has 0 aliphatic heterocycles. The average Bonchev–Trinajstić information content (AvgIpc) is 2.99. The number of benzene rings is 1. The molecule has 3 nitrogen and oxygen atoms in total. The van der Waals surface area contributed by atoms with E-state index in [9.17, 15) is 0 Å². The minimum atomic E-state index is 0.674. The predicted molar refractivity (Wildman–Crippen MR) is 83.7 cm³/mol. The van der Waals surface area contributed by atoms with E-state index in [4.69, 9.17) is 4.74 Å². The Balaban J connectivity index is 1.83. The molecular weight excluding hydrogens is 336 g/mol. The maximum Gasteiger partial charge on any atom is 0.231 e. The molecule has 0 radical (unpaired) electrons. The summed E-state index contributed by atoms with van der Waals surface area (Å²) in [5.41, 5.74) is 1.38. The first kappa shape index (κ1) is 12.3. The number of hydrogen-bond donors (Lipinski definition) is 0. The maximum atomic E-state index is 5.98. The van der Waals surface area contributed by atoms with Crippen molar-refractivity contribution >= 4 is 37.5 Å². The first-order chi connectivity index (χ1) is 9.81. The Morgan fingerprint density at radius 2 is 2.15 bits per heavy atom.